The summed E-state index contributed by atoms with van der Waals surface area (Å²) in [5.41, 5.74) is 6.40. The van der Waals surface area contributed by atoms with E-state index >= 15 is 0 Å². The fourth-order valence-corrected chi connectivity index (χ4v) is 1.75. The van der Waals surface area contributed by atoms with E-state index in [1.165, 1.54) is 6.07 Å². The smallest absolute Gasteiger partial charge is 0.169 e. The Hall–Kier alpha value is -1.84. The topological polar surface area (TPSA) is 63.0 Å². The third kappa shape index (κ3) is 1.66. The maximum atomic E-state index is 13.6. The van der Waals surface area contributed by atoms with Crippen LogP contribution < -0.4 is 5.73 Å². The SMILES string of the molecule is CCCc1c(F)ccc2cc(C(=N)N)oc12. The molecule has 0 radical (unpaired) electrons. The number of nitrogens with two attached hydrogens (primary N) is 1. The quantitative estimate of drug-likeness (QED) is 0.617. The second kappa shape index (κ2) is 3.96. The molecule has 2 aromatic rings. The first-order chi connectivity index (χ1) is 7.63. The van der Waals surface area contributed by atoms with Gasteiger partial charge in [0.1, 0.15) is 11.4 Å². The number of furan rings is 1. The molecule has 0 saturated heterocycles. The zero-order valence-electron chi connectivity index (χ0n) is 9.01. The Bertz CT molecular complexity index is 545. The monoisotopic (exact) mass is 220 g/mol. The van der Waals surface area contributed by atoms with Gasteiger partial charge in [-0.2, -0.15) is 0 Å². The lowest BCUT2D eigenvalue weighted by Crippen LogP contribution is -2.09. The van der Waals surface area contributed by atoms with E-state index in [9.17, 15) is 4.39 Å². The van der Waals surface area contributed by atoms with Crippen LogP contribution in [0.1, 0.15) is 24.7 Å². The van der Waals surface area contributed by atoms with Crippen LogP contribution in [-0.2, 0) is 6.42 Å². The maximum absolute atomic E-state index is 13.6. The Morgan fingerprint density at radius 1 is 1.50 bits per heavy atom. The fraction of sp³-hybridized carbons (Fsp3) is 0.250. The number of fused-ring (bicyclic) bond motifs is 1. The van der Waals surface area contributed by atoms with Crippen LogP contribution in [0.3, 0.4) is 0 Å². The van der Waals surface area contributed by atoms with Gasteiger partial charge in [-0.25, -0.2) is 4.39 Å². The molecule has 3 nitrogen and oxygen atoms in total. The number of aryl methyl sites for hydroxylation is 1. The number of hydrogen-bond acceptors (Lipinski definition) is 2. The number of nitrogen functional groups attached to an aromatic ring is 1. The van der Waals surface area contributed by atoms with Gasteiger partial charge in [0.25, 0.3) is 0 Å². The van der Waals surface area contributed by atoms with Crippen molar-refractivity contribution in [3.63, 3.8) is 0 Å². The summed E-state index contributed by atoms with van der Waals surface area (Å²) < 4.78 is 19.0. The number of hydrogen-bond donors (Lipinski definition) is 2. The van der Waals surface area contributed by atoms with E-state index in [1.54, 1.807) is 12.1 Å². The highest BCUT2D eigenvalue weighted by atomic mass is 19.1. The molecule has 0 amide bonds. The molecule has 0 bridgehead atoms. The number of amidine groups is 1. The first-order valence-corrected chi connectivity index (χ1v) is 5.18. The summed E-state index contributed by atoms with van der Waals surface area (Å²) in [5.74, 6) is -0.115. The highest BCUT2D eigenvalue weighted by Crippen LogP contribution is 2.26. The number of nitrogens with one attached hydrogen (secondary N) is 1. The van der Waals surface area contributed by atoms with Crippen LogP contribution in [0.2, 0.25) is 0 Å². The average molecular weight is 220 g/mol. The predicted molar refractivity (Wildman–Crippen MR) is 61.2 cm³/mol. The van der Waals surface area contributed by atoms with Crippen LogP contribution >= 0.6 is 0 Å². The predicted octanol–water partition coefficient (Wildman–Crippen LogP) is 2.81. The highest BCUT2D eigenvalue weighted by molar-refractivity contribution is 5.97. The van der Waals surface area contributed by atoms with Gasteiger partial charge in [0.2, 0.25) is 0 Å². The lowest BCUT2D eigenvalue weighted by Gasteiger charge is -2.01. The van der Waals surface area contributed by atoms with Gasteiger partial charge >= 0.3 is 0 Å². The fourth-order valence-electron chi connectivity index (χ4n) is 1.75. The molecule has 2 rings (SSSR count). The molecule has 3 N–H and O–H groups in total. The lowest BCUT2D eigenvalue weighted by molar-refractivity contribution is 0.574. The third-order valence-electron chi connectivity index (χ3n) is 2.50. The van der Waals surface area contributed by atoms with Gasteiger partial charge in [0, 0.05) is 10.9 Å². The number of halogens is 1. The molecule has 1 aromatic heterocycles. The Morgan fingerprint density at radius 2 is 2.25 bits per heavy atom. The maximum Gasteiger partial charge on any atom is 0.169 e. The largest absolute Gasteiger partial charge is 0.452 e. The normalized spacial score (nSPS) is 10.9. The molecule has 1 heterocycles. The zero-order chi connectivity index (χ0) is 11.7. The summed E-state index contributed by atoms with van der Waals surface area (Å²) in [6.07, 6.45) is 1.46. The molecule has 0 aliphatic heterocycles. The van der Waals surface area contributed by atoms with Gasteiger partial charge in [0.05, 0.1) is 0 Å². The second-order valence-electron chi connectivity index (χ2n) is 3.72. The summed E-state index contributed by atoms with van der Waals surface area (Å²) in [6.45, 7) is 1.98. The van der Waals surface area contributed by atoms with Crippen LogP contribution in [0.5, 0.6) is 0 Å². The molecule has 84 valence electrons. The van der Waals surface area contributed by atoms with E-state index in [1.807, 2.05) is 6.92 Å². The van der Waals surface area contributed by atoms with E-state index in [0.717, 1.165) is 11.8 Å². The van der Waals surface area contributed by atoms with Gasteiger partial charge in [-0.3, -0.25) is 5.41 Å². The van der Waals surface area contributed by atoms with Crippen LogP contribution in [0, 0.1) is 11.2 Å². The molecule has 16 heavy (non-hydrogen) atoms. The molecule has 0 atom stereocenters. The van der Waals surface area contributed by atoms with Crippen LogP contribution in [0.4, 0.5) is 4.39 Å². The number of rotatable bonds is 3. The van der Waals surface area contributed by atoms with Crippen LogP contribution in [0.25, 0.3) is 11.0 Å². The first kappa shape index (κ1) is 10.7. The summed E-state index contributed by atoms with van der Waals surface area (Å²) in [4.78, 5) is 0. The molecule has 1 aromatic carbocycles. The molecule has 0 unspecified atom stereocenters. The standard InChI is InChI=1S/C12H13FN2O/c1-2-3-8-9(13)5-4-7-6-10(12(14)15)16-11(7)8/h4-6H,2-3H2,1H3,(H3,14,15). The van der Waals surface area contributed by atoms with Crippen LogP contribution in [0.15, 0.2) is 22.6 Å². The van der Waals surface area contributed by atoms with Crippen molar-refractivity contribution in [3.05, 3.63) is 35.3 Å². The summed E-state index contributed by atoms with van der Waals surface area (Å²) >= 11 is 0. The Balaban J connectivity index is 2.66. The van der Waals surface area contributed by atoms with Crippen molar-refractivity contribution in [3.8, 4) is 0 Å². The average Bonchev–Trinajstić information content (AvgIpc) is 2.66. The molecular weight excluding hydrogens is 207 g/mol. The van der Waals surface area contributed by atoms with E-state index in [-0.39, 0.29) is 17.4 Å². The van der Waals surface area contributed by atoms with Crippen molar-refractivity contribution in [1.82, 2.24) is 0 Å². The zero-order valence-corrected chi connectivity index (χ0v) is 9.01. The van der Waals surface area contributed by atoms with Crippen molar-refractivity contribution in [2.45, 2.75) is 19.8 Å². The van der Waals surface area contributed by atoms with Gasteiger partial charge in [0.15, 0.2) is 11.6 Å². The minimum Gasteiger partial charge on any atom is -0.452 e. The van der Waals surface area contributed by atoms with Crippen molar-refractivity contribution in [2.24, 2.45) is 5.73 Å². The minimum absolute atomic E-state index is 0.140. The highest BCUT2D eigenvalue weighted by Gasteiger charge is 2.13. The molecule has 0 aliphatic rings. The van der Waals surface area contributed by atoms with Gasteiger partial charge in [-0.1, -0.05) is 13.3 Å². The van der Waals surface area contributed by atoms with Crippen molar-refractivity contribution >= 4 is 16.8 Å². The van der Waals surface area contributed by atoms with Gasteiger partial charge in [-0.05, 0) is 24.6 Å². The second-order valence-corrected chi connectivity index (χ2v) is 3.72. The first-order valence-electron chi connectivity index (χ1n) is 5.18. The molecule has 4 heteroatoms. The van der Waals surface area contributed by atoms with Crippen molar-refractivity contribution in [1.29, 1.82) is 5.41 Å². The Morgan fingerprint density at radius 3 is 2.88 bits per heavy atom. The summed E-state index contributed by atoms with van der Waals surface area (Å²) in [7, 11) is 0. The molecule has 0 fully saturated rings. The van der Waals surface area contributed by atoms with Crippen LogP contribution in [-0.4, -0.2) is 5.84 Å². The summed E-state index contributed by atoms with van der Waals surface area (Å²) in [6, 6.07) is 4.72. The molecule has 0 saturated carbocycles. The Labute approximate surface area is 92.6 Å². The van der Waals surface area contributed by atoms with Crippen molar-refractivity contribution < 1.29 is 8.81 Å². The molecular formula is C12H13FN2O. The number of benzene rings is 1. The lowest BCUT2D eigenvalue weighted by atomic mass is 10.1. The van der Waals surface area contributed by atoms with Crippen molar-refractivity contribution in [2.75, 3.05) is 0 Å². The van der Waals surface area contributed by atoms with E-state index in [0.29, 0.717) is 17.6 Å². The van der Waals surface area contributed by atoms with Gasteiger partial charge < -0.3 is 10.2 Å². The van der Waals surface area contributed by atoms with E-state index in [2.05, 4.69) is 0 Å². The van der Waals surface area contributed by atoms with E-state index < -0.39 is 0 Å². The van der Waals surface area contributed by atoms with Gasteiger partial charge in [-0.15, -0.1) is 0 Å². The van der Waals surface area contributed by atoms with E-state index in [4.69, 9.17) is 15.6 Å². The molecule has 0 spiro atoms. The summed E-state index contributed by atoms with van der Waals surface area (Å²) in [5, 5.41) is 8.07. The molecule has 0 aliphatic carbocycles. The minimum atomic E-state index is -0.265. The Kier molecular flexibility index (Phi) is 2.64. The third-order valence-corrected chi connectivity index (χ3v) is 2.50.